The van der Waals surface area contributed by atoms with Crippen LogP contribution >= 0.6 is 11.8 Å². The van der Waals surface area contributed by atoms with Crippen LogP contribution in [0.15, 0.2) is 58.3 Å². The van der Waals surface area contributed by atoms with E-state index in [2.05, 4.69) is 0 Å². The lowest BCUT2D eigenvalue weighted by Crippen LogP contribution is -1.91. The van der Waals surface area contributed by atoms with Crippen LogP contribution in [0.3, 0.4) is 0 Å². The van der Waals surface area contributed by atoms with E-state index in [0.29, 0.717) is 4.90 Å². The van der Waals surface area contributed by atoms with Gasteiger partial charge in [-0.3, -0.25) is 10.1 Å². The zero-order chi connectivity index (χ0) is 16.3. The molecule has 2 rings (SSSR count). The highest BCUT2D eigenvalue weighted by Gasteiger charge is 2.15. The lowest BCUT2D eigenvalue weighted by atomic mass is 10.3. The SMILES string of the molecule is CC.CC.O=[N+]([O-])c1cc(F)ccc1Sc1ccccc1. The minimum absolute atomic E-state index is 0.209. The average molecular weight is 309 g/mol. The van der Waals surface area contributed by atoms with Crippen molar-refractivity contribution in [3.05, 3.63) is 64.5 Å². The number of nitro groups is 1. The molecule has 2 aromatic carbocycles. The van der Waals surface area contributed by atoms with E-state index in [9.17, 15) is 14.5 Å². The van der Waals surface area contributed by atoms with Gasteiger partial charge in [0.05, 0.1) is 15.9 Å². The van der Waals surface area contributed by atoms with E-state index in [1.165, 1.54) is 23.9 Å². The number of rotatable bonds is 3. The van der Waals surface area contributed by atoms with E-state index in [1.54, 1.807) is 0 Å². The normalized spacial score (nSPS) is 8.81. The lowest BCUT2D eigenvalue weighted by molar-refractivity contribution is -0.387. The van der Waals surface area contributed by atoms with Crippen molar-refractivity contribution in [3.8, 4) is 0 Å². The summed E-state index contributed by atoms with van der Waals surface area (Å²) in [7, 11) is 0. The van der Waals surface area contributed by atoms with E-state index < -0.39 is 10.7 Å². The topological polar surface area (TPSA) is 43.1 Å². The Hall–Kier alpha value is -1.88. The van der Waals surface area contributed by atoms with Crippen molar-refractivity contribution < 1.29 is 9.31 Å². The van der Waals surface area contributed by atoms with Gasteiger partial charge in [0.15, 0.2) is 0 Å². The summed E-state index contributed by atoms with van der Waals surface area (Å²) in [6, 6.07) is 12.8. The predicted molar refractivity (Wildman–Crippen MR) is 86.3 cm³/mol. The zero-order valence-electron chi connectivity index (χ0n) is 12.7. The van der Waals surface area contributed by atoms with Crippen LogP contribution in [0, 0.1) is 15.9 Å². The van der Waals surface area contributed by atoms with Crippen molar-refractivity contribution in [2.45, 2.75) is 37.5 Å². The molecule has 3 nitrogen and oxygen atoms in total. The summed E-state index contributed by atoms with van der Waals surface area (Å²) in [5.74, 6) is -0.603. The van der Waals surface area contributed by atoms with Crippen molar-refractivity contribution in [2.24, 2.45) is 0 Å². The molecular weight excluding hydrogens is 289 g/mol. The van der Waals surface area contributed by atoms with Crippen molar-refractivity contribution in [1.82, 2.24) is 0 Å². The van der Waals surface area contributed by atoms with Crippen LogP contribution in [0.1, 0.15) is 27.7 Å². The van der Waals surface area contributed by atoms with Crippen LogP contribution in [0.4, 0.5) is 10.1 Å². The molecule has 0 atom stereocenters. The third-order valence-electron chi connectivity index (χ3n) is 2.09. The smallest absolute Gasteiger partial charge is 0.258 e. The second kappa shape index (κ2) is 10.9. The Morgan fingerprint density at radius 1 is 1.00 bits per heavy atom. The van der Waals surface area contributed by atoms with Gasteiger partial charge in [0.25, 0.3) is 5.69 Å². The first-order valence-corrected chi connectivity index (χ1v) is 7.65. The van der Waals surface area contributed by atoms with Crippen molar-refractivity contribution in [2.75, 3.05) is 0 Å². The van der Waals surface area contributed by atoms with Gasteiger partial charge in [0.1, 0.15) is 5.82 Å². The standard InChI is InChI=1S/C12H8FNO2S.2C2H6/c13-9-6-7-12(11(8-9)14(15)16)17-10-4-2-1-3-5-10;2*1-2/h1-8H;2*1-2H3. The summed E-state index contributed by atoms with van der Waals surface area (Å²) in [4.78, 5) is 11.5. The highest BCUT2D eigenvalue weighted by molar-refractivity contribution is 7.99. The van der Waals surface area contributed by atoms with Gasteiger partial charge in [-0.2, -0.15) is 0 Å². The lowest BCUT2D eigenvalue weighted by Gasteiger charge is -2.02. The second-order valence-corrected chi connectivity index (χ2v) is 4.40. The average Bonchev–Trinajstić information content (AvgIpc) is 2.54. The molecule has 0 amide bonds. The molecule has 21 heavy (non-hydrogen) atoms. The summed E-state index contributed by atoms with van der Waals surface area (Å²) in [5, 5.41) is 10.8. The molecule has 0 spiro atoms. The molecule has 0 unspecified atom stereocenters. The number of halogens is 1. The number of nitro benzene ring substituents is 1. The molecule has 0 saturated carbocycles. The fourth-order valence-electron chi connectivity index (χ4n) is 1.34. The van der Waals surface area contributed by atoms with E-state index in [-0.39, 0.29) is 5.69 Å². The van der Waals surface area contributed by atoms with Gasteiger partial charge in [-0.25, -0.2) is 4.39 Å². The van der Waals surface area contributed by atoms with Crippen molar-refractivity contribution in [1.29, 1.82) is 0 Å². The molecule has 0 saturated heterocycles. The highest BCUT2D eigenvalue weighted by Crippen LogP contribution is 2.34. The molecule has 0 N–H and O–H groups in total. The Kier molecular flexibility index (Phi) is 9.88. The Morgan fingerprint density at radius 3 is 2.10 bits per heavy atom. The first-order chi connectivity index (χ1) is 10.2. The number of hydrogen-bond donors (Lipinski definition) is 0. The van der Waals surface area contributed by atoms with Gasteiger partial charge in [-0.15, -0.1) is 0 Å². The summed E-state index contributed by atoms with van der Waals surface area (Å²) in [6.45, 7) is 8.00. The van der Waals surface area contributed by atoms with Gasteiger partial charge in [0.2, 0.25) is 0 Å². The predicted octanol–water partition coefficient (Wildman–Crippen LogP) is 5.94. The molecule has 0 aliphatic heterocycles. The summed E-state index contributed by atoms with van der Waals surface area (Å²) in [5.41, 5.74) is -0.209. The quantitative estimate of drug-likeness (QED) is 0.520. The third-order valence-corrected chi connectivity index (χ3v) is 3.16. The molecule has 0 aliphatic carbocycles. The minimum Gasteiger partial charge on any atom is -0.258 e. The molecule has 0 aliphatic rings. The number of hydrogen-bond acceptors (Lipinski definition) is 3. The van der Waals surface area contributed by atoms with Crippen LogP contribution in [0.2, 0.25) is 0 Å². The van der Waals surface area contributed by atoms with Crippen molar-refractivity contribution >= 4 is 17.4 Å². The van der Waals surface area contributed by atoms with Crippen LogP contribution in [0.25, 0.3) is 0 Å². The van der Waals surface area contributed by atoms with Crippen LogP contribution in [-0.4, -0.2) is 4.92 Å². The molecule has 114 valence electrons. The van der Waals surface area contributed by atoms with Gasteiger partial charge in [-0.1, -0.05) is 57.7 Å². The molecule has 0 bridgehead atoms. The van der Waals surface area contributed by atoms with Crippen LogP contribution in [0.5, 0.6) is 0 Å². The molecule has 0 aromatic heterocycles. The first-order valence-electron chi connectivity index (χ1n) is 6.83. The number of nitrogens with zero attached hydrogens (tertiary/aromatic N) is 1. The largest absolute Gasteiger partial charge is 0.286 e. The van der Waals surface area contributed by atoms with E-state index in [4.69, 9.17) is 0 Å². The molecule has 0 fully saturated rings. The summed E-state index contributed by atoms with van der Waals surface area (Å²) in [6.07, 6.45) is 0. The summed E-state index contributed by atoms with van der Waals surface area (Å²) >= 11 is 1.24. The van der Waals surface area contributed by atoms with Crippen LogP contribution < -0.4 is 0 Å². The number of benzene rings is 2. The molecular formula is C16H20FNO2S. The fourth-order valence-corrected chi connectivity index (χ4v) is 2.26. The monoisotopic (exact) mass is 309 g/mol. The second-order valence-electron chi connectivity index (χ2n) is 3.28. The fraction of sp³-hybridized carbons (Fsp3) is 0.250. The minimum atomic E-state index is -0.603. The Labute approximate surface area is 129 Å². The van der Waals surface area contributed by atoms with Crippen molar-refractivity contribution in [3.63, 3.8) is 0 Å². The molecule has 2 aromatic rings. The molecule has 0 radical (unpaired) electrons. The molecule has 0 heterocycles. The van der Waals surface area contributed by atoms with Crippen LogP contribution in [-0.2, 0) is 0 Å². The maximum atomic E-state index is 12.9. The van der Waals surface area contributed by atoms with Gasteiger partial charge in [0, 0.05) is 4.90 Å². The zero-order valence-corrected chi connectivity index (χ0v) is 13.5. The third kappa shape index (κ3) is 6.40. The Bertz CT molecular complexity index is 547. The van der Waals surface area contributed by atoms with Gasteiger partial charge < -0.3 is 0 Å². The Balaban J connectivity index is 0.000000921. The van der Waals surface area contributed by atoms with Gasteiger partial charge >= 0.3 is 0 Å². The summed E-state index contributed by atoms with van der Waals surface area (Å²) < 4.78 is 12.9. The Morgan fingerprint density at radius 2 is 1.57 bits per heavy atom. The van der Waals surface area contributed by atoms with E-state index in [0.717, 1.165) is 11.0 Å². The van der Waals surface area contributed by atoms with E-state index in [1.807, 2.05) is 58.0 Å². The van der Waals surface area contributed by atoms with E-state index >= 15 is 0 Å². The van der Waals surface area contributed by atoms with Gasteiger partial charge in [-0.05, 0) is 24.3 Å². The highest BCUT2D eigenvalue weighted by atomic mass is 32.2. The maximum absolute atomic E-state index is 12.9. The first kappa shape index (κ1) is 19.1. The maximum Gasteiger partial charge on any atom is 0.286 e. The molecule has 5 heteroatoms.